The maximum atomic E-state index is 6.31. The van der Waals surface area contributed by atoms with Crippen molar-refractivity contribution in [2.45, 2.75) is 6.92 Å². The van der Waals surface area contributed by atoms with Crippen LogP contribution >= 0.6 is 39.7 Å². The smallest absolute Gasteiger partial charge is 0.184 e. The first-order chi connectivity index (χ1) is 9.08. The summed E-state index contributed by atoms with van der Waals surface area (Å²) in [5.41, 5.74) is 3.56. The van der Waals surface area contributed by atoms with Crippen LogP contribution in [0.1, 0.15) is 5.56 Å². The van der Waals surface area contributed by atoms with Gasteiger partial charge in [-0.1, -0.05) is 23.7 Å². The molecule has 1 N–H and O–H groups in total. The Hall–Kier alpha value is -1.17. The molecule has 0 atom stereocenters. The molecule has 6 heteroatoms. The Balaban J connectivity index is 2.43. The molecule has 3 nitrogen and oxygen atoms in total. The van der Waals surface area contributed by atoms with Gasteiger partial charge < -0.3 is 4.98 Å². The number of aromatic amines is 1. The first kappa shape index (κ1) is 12.8. The van der Waals surface area contributed by atoms with Gasteiger partial charge in [0.2, 0.25) is 0 Å². The van der Waals surface area contributed by atoms with Crippen LogP contribution in [0.3, 0.4) is 0 Å². The van der Waals surface area contributed by atoms with E-state index in [1.165, 1.54) is 0 Å². The SMILES string of the molecule is Cc1cccc(Cl)c1-n1c(=S)[nH]c2cc(Br)cnc21. The van der Waals surface area contributed by atoms with E-state index in [1.807, 2.05) is 35.8 Å². The number of para-hydroxylation sites is 1. The number of imidazole rings is 1. The molecule has 1 aromatic carbocycles. The van der Waals surface area contributed by atoms with E-state index in [1.54, 1.807) is 6.20 Å². The Morgan fingerprint density at radius 2 is 2.21 bits per heavy atom. The Bertz CT molecular complexity index is 817. The maximum absolute atomic E-state index is 6.31. The molecule has 3 aromatic rings. The number of hydrogen-bond acceptors (Lipinski definition) is 2. The second-order valence-corrected chi connectivity index (χ2v) is 5.91. The molecule has 2 aromatic heterocycles. The van der Waals surface area contributed by atoms with Crippen LogP contribution in [0.25, 0.3) is 16.9 Å². The average molecular weight is 355 g/mol. The lowest BCUT2D eigenvalue weighted by Gasteiger charge is -2.09. The van der Waals surface area contributed by atoms with Crippen LogP contribution in [0.5, 0.6) is 0 Å². The summed E-state index contributed by atoms with van der Waals surface area (Å²) in [7, 11) is 0. The maximum Gasteiger partial charge on any atom is 0.184 e. The van der Waals surface area contributed by atoms with E-state index in [0.29, 0.717) is 9.79 Å². The lowest BCUT2D eigenvalue weighted by atomic mass is 10.2. The summed E-state index contributed by atoms with van der Waals surface area (Å²) >= 11 is 15.1. The van der Waals surface area contributed by atoms with Gasteiger partial charge in [-0.15, -0.1) is 0 Å². The quantitative estimate of drug-likeness (QED) is 0.636. The van der Waals surface area contributed by atoms with Crippen molar-refractivity contribution in [1.82, 2.24) is 14.5 Å². The van der Waals surface area contributed by atoms with Crippen LogP contribution in [0.15, 0.2) is 34.9 Å². The minimum absolute atomic E-state index is 0.580. The van der Waals surface area contributed by atoms with Crippen LogP contribution in [0, 0.1) is 11.7 Å². The molecule has 0 aliphatic rings. The summed E-state index contributed by atoms with van der Waals surface area (Å²) in [6, 6.07) is 7.72. The predicted molar refractivity (Wildman–Crippen MR) is 83.7 cm³/mol. The fraction of sp³-hybridized carbons (Fsp3) is 0.0769. The highest BCUT2D eigenvalue weighted by atomic mass is 79.9. The third-order valence-electron chi connectivity index (χ3n) is 2.90. The molecule has 0 fully saturated rings. The van der Waals surface area contributed by atoms with Gasteiger partial charge in [-0.25, -0.2) is 4.98 Å². The highest BCUT2D eigenvalue weighted by Gasteiger charge is 2.13. The second kappa shape index (κ2) is 4.74. The molecule has 0 bridgehead atoms. The molecule has 0 spiro atoms. The largest absolute Gasteiger partial charge is 0.329 e. The average Bonchev–Trinajstić information content (AvgIpc) is 2.65. The molecule has 0 aliphatic carbocycles. The standard InChI is InChI=1S/C13H9BrClN3S/c1-7-3-2-4-9(15)11(7)18-12-10(17-13(18)19)5-8(14)6-16-12/h2-6H,1H3,(H,17,19). The molecular formula is C13H9BrClN3S. The van der Waals surface area contributed by atoms with Gasteiger partial charge in [0.05, 0.1) is 16.2 Å². The Morgan fingerprint density at radius 1 is 1.42 bits per heavy atom. The van der Waals surface area contributed by atoms with Crippen molar-refractivity contribution in [3.8, 4) is 5.69 Å². The Kier molecular flexibility index (Phi) is 3.20. The van der Waals surface area contributed by atoms with E-state index in [-0.39, 0.29) is 0 Å². The lowest BCUT2D eigenvalue weighted by Crippen LogP contribution is -1.99. The van der Waals surface area contributed by atoms with Crippen LogP contribution in [0.4, 0.5) is 0 Å². The lowest BCUT2D eigenvalue weighted by molar-refractivity contribution is 1.03. The molecule has 0 unspecified atom stereocenters. The topological polar surface area (TPSA) is 33.6 Å². The number of H-pyrrole nitrogens is 1. The minimum atomic E-state index is 0.580. The number of hydrogen-bond donors (Lipinski definition) is 1. The normalized spacial score (nSPS) is 11.1. The summed E-state index contributed by atoms with van der Waals surface area (Å²) in [6.07, 6.45) is 1.74. The number of aryl methyl sites for hydroxylation is 1. The molecule has 0 aliphatic heterocycles. The first-order valence-electron chi connectivity index (χ1n) is 5.59. The molecule has 0 saturated heterocycles. The number of pyridine rings is 1. The summed E-state index contributed by atoms with van der Waals surface area (Å²) in [5.74, 6) is 0. The van der Waals surface area contributed by atoms with Crippen LogP contribution < -0.4 is 0 Å². The van der Waals surface area contributed by atoms with E-state index in [0.717, 1.165) is 26.9 Å². The van der Waals surface area contributed by atoms with Crippen LogP contribution in [0.2, 0.25) is 5.02 Å². The van der Waals surface area contributed by atoms with Crippen molar-refractivity contribution >= 4 is 50.9 Å². The Morgan fingerprint density at radius 3 is 2.95 bits per heavy atom. The number of fused-ring (bicyclic) bond motifs is 1. The summed E-state index contributed by atoms with van der Waals surface area (Å²) in [4.78, 5) is 7.57. The number of benzene rings is 1. The van der Waals surface area contributed by atoms with Crippen molar-refractivity contribution < 1.29 is 0 Å². The van der Waals surface area contributed by atoms with Gasteiger partial charge in [0, 0.05) is 10.7 Å². The second-order valence-electron chi connectivity index (χ2n) is 4.20. The number of rotatable bonds is 1. The fourth-order valence-corrected chi connectivity index (χ4v) is 3.01. The number of halogens is 2. The van der Waals surface area contributed by atoms with Crippen molar-refractivity contribution in [2.24, 2.45) is 0 Å². The highest BCUT2D eigenvalue weighted by molar-refractivity contribution is 9.10. The summed E-state index contributed by atoms with van der Waals surface area (Å²) < 4.78 is 3.35. The zero-order chi connectivity index (χ0) is 13.6. The molecule has 0 amide bonds. The van der Waals surface area contributed by atoms with Gasteiger partial charge in [-0.05, 0) is 52.8 Å². The minimum Gasteiger partial charge on any atom is -0.329 e. The zero-order valence-corrected chi connectivity index (χ0v) is 13.1. The van der Waals surface area contributed by atoms with Gasteiger partial charge in [0.1, 0.15) is 0 Å². The van der Waals surface area contributed by atoms with Crippen molar-refractivity contribution in [3.05, 3.63) is 50.3 Å². The molecular weight excluding hydrogens is 346 g/mol. The van der Waals surface area contributed by atoms with Gasteiger partial charge in [-0.3, -0.25) is 4.57 Å². The third kappa shape index (κ3) is 2.12. The van der Waals surface area contributed by atoms with E-state index in [2.05, 4.69) is 25.9 Å². The molecule has 3 rings (SSSR count). The van der Waals surface area contributed by atoms with E-state index in [4.69, 9.17) is 23.8 Å². The number of nitrogens with one attached hydrogen (secondary N) is 1. The predicted octanol–water partition coefficient (Wildman–Crippen LogP) is 4.81. The van der Waals surface area contributed by atoms with Gasteiger partial charge in [0.25, 0.3) is 0 Å². The van der Waals surface area contributed by atoms with E-state index < -0.39 is 0 Å². The van der Waals surface area contributed by atoms with Gasteiger partial charge in [0.15, 0.2) is 10.4 Å². The van der Waals surface area contributed by atoms with Crippen molar-refractivity contribution in [3.63, 3.8) is 0 Å². The fourth-order valence-electron chi connectivity index (χ4n) is 2.08. The van der Waals surface area contributed by atoms with Crippen molar-refractivity contribution in [2.75, 3.05) is 0 Å². The van der Waals surface area contributed by atoms with E-state index in [9.17, 15) is 0 Å². The number of nitrogens with zero attached hydrogens (tertiary/aromatic N) is 2. The highest BCUT2D eigenvalue weighted by Crippen LogP contribution is 2.28. The van der Waals surface area contributed by atoms with Gasteiger partial charge in [-0.2, -0.15) is 0 Å². The molecule has 19 heavy (non-hydrogen) atoms. The van der Waals surface area contributed by atoms with Crippen molar-refractivity contribution in [1.29, 1.82) is 0 Å². The molecule has 0 radical (unpaired) electrons. The summed E-state index contributed by atoms with van der Waals surface area (Å²) in [6.45, 7) is 2.00. The zero-order valence-electron chi connectivity index (χ0n) is 9.95. The first-order valence-corrected chi connectivity index (χ1v) is 7.17. The molecule has 2 heterocycles. The van der Waals surface area contributed by atoms with E-state index >= 15 is 0 Å². The van der Waals surface area contributed by atoms with Gasteiger partial charge >= 0.3 is 0 Å². The number of aromatic nitrogens is 3. The monoisotopic (exact) mass is 353 g/mol. The summed E-state index contributed by atoms with van der Waals surface area (Å²) in [5, 5.41) is 0.654. The molecule has 0 saturated carbocycles. The van der Waals surface area contributed by atoms with Crippen LogP contribution in [-0.4, -0.2) is 14.5 Å². The molecule has 96 valence electrons. The van der Waals surface area contributed by atoms with Crippen LogP contribution in [-0.2, 0) is 0 Å². The third-order valence-corrected chi connectivity index (χ3v) is 3.93. The Labute approximate surface area is 128 Å².